The summed E-state index contributed by atoms with van der Waals surface area (Å²) in [6.45, 7) is 6.38. The highest BCUT2D eigenvalue weighted by atomic mass is 16.1. The fourth-order valence-corrected chi connectivity index (χ4v) is 1.87. The van der Waals surface area contributed by atoms with Crippen LogP contribution in [0.1, 0.15) is 52.9 Å². The Kier molecular flexibility index (Phi) is 4.43. The molecule has 14 heavy (non-hydrogen) atoms. The molecule has 0 bridgehead atoms. The van der Waals surface area contributed by atoms with Gasteiger partial charge in [-0.25, -0.2) is 0 Å². The van der Waals surface area contributed by atoms with Gasteiger partial charge < -0.3 is 5.32 Å². The van der Waals surface area contributed by atoms with Crippen molar-refractivity contribution < 1.29 is 4.79 Å². The van der Waals surface area contributed by atoms with E-state index in [2.05, 4.69) is 26.1 Å². The van der Waals surface area contributed by atoms with E-state index in [1.54, 1.807) is 0 Å². The highest BCUT2D eigenvalue weighted by molar-refractivity contribution is 5.78. The van der Waals surface area contributed by atoms with Gasteiger partial charge in [0.05, 0.1) is 0 Å². The van der Waals surface area contributed by atoms with Crippen molar-refractivity contribution in [2.45, 2.75) is 58.9 Å². The zero-order valence-electron chi connectivity index (χ0n) is 9.68. The van der Waals surface area contributed by atoms with Crippen molar-refractivity contribution in [3.05, 3.63) is 0 Å². The maximum absolute atomic E-state index is 11.8. The van der Waals surface area contributed by atoms with E-state index in [0.29, 0.717) is 17.9 Å². The van der Waals surface area contributed by atoms with E-state index in [0.717, 1.165) is 12.8 Å². The van der Waals surface area contributed by atoms with Gasteiger partial charge in [-0.15, -0.1) is 0 Å². The van der Waals surface area contributed by atoms with E-state index < -0.39 is 0 Å². The molecule has 1 fully saturated rings. The Morgan fingerprint density at radius 2 is 1.71 bits per heavy atom. The fourth-order valence-electron chi connectivity index (χ4n) is 1.87. The van der Waals surface area contributed by atoms with Crippen molar-refractivity contribution in [2.24, 2.45) is 11.8 Å². The maximum atomic E-state index is 11.8. The molecule has 2 heteroatoms. The van der Waals surface area contributed by atoms with E-state index in [-0.39, 0.29) is 5.91 Å². The molecule has 1 rings (SSSR count). The van der Waals surface area contributed by atoms with E-state index in [4.69, 9.17) is 0 Å². The summed E-state index contributed by atoms with van der Waals surface area (Å²) in [7, 11) is 0. The number of carbonyl (C=O) groups excluding carboxylic acids is 1. The van der Waals surface area contributed by atoms with Crippen LogP contribution >= 0.6 is 0 Å². The summed E-state index contributed by atoms with van der Waals surface area (Å²) in [6, 6.07) is 0.310. The van der Waals surface area contributed by atoms with Gasteiger partial charge in [-0.1, -0.05) is 33.1 Å². The monoisotopic (exact) mass is 197 g/mol. The Balaban J connectivity index is 2.33. The van der Waals surface area contributed by atoms with Gasteiger partial charge in [0.1, 0.15) is 0 Å². The Morgan fingerprint density at radius 3 is 2.21 bits per heavy atom. The normalized spacial score (nSPS) is 20.9. The zero-order valence-corrected chi connectivity index (χ0v) is 9.68. The number of hydrogen-bond acceptors (Lipinski definition) is 1. The van der Waals surface area contributed by atoms with Crippen molar-refractivity contribution in [2.75, 3.05) is 0 Å². The number of amides is 1. The summed E-state index contributed by atoms with van der Waals surface area (Å²) in [5.74, 6) is 1.11. The minimum Gasteiger partial charge on any atom is -0.353 e. The lowest BCUT2D eigenvalue weighted by atomic mass is 9.88. The van der Waals surface area contributed by atoms with Gasteiger partial charge in [0.25, 0.3) is 0 Å². The fraction of sp³-hybridized carbons (Fsp3) is 0.917. The molecule has 1 N–H and O–H groups in total. The molecular formula is C12H23NO. The second kappa shape index (κ2) is 5.38. The van der Waals surface area contributed by atoms with Gasteiger partial charge >= 0.3 is 0 Å². The van der Waals surface area contributed by atoms with E-state index >= 15 is 0 Å². The molecule has 0 unspecified atom stereocenters. The number of rotatable bonds is 3. The molecule has 0 aromatic rings. The predicted molar refractivity (Wildman–Crippen MR) is 59.0 cm³/mol. The molecule has 0 aromatic carbocycles. The van der Waals surface area contributed by atoms with Crippen molar-refractivity contribution in [1.82, 2.24) is 5.32 Å². The predicted octanol–water partition coefficient (Wildman–Crippen LogP) is 2.73. The Labute approximate surface area is 87.5 Å². The van der Waals surface area contributed by atoms with Gasteiger partial charge in [-0.2, -0.15) is 0 Å². The zero-order chi connectivity index (χ0) is 10.6. The van der Waals surface area contributed by atoms with Gasteiger partial charge in [-0.3, -0.25) is 4.79 Å². The lowest BCUT2D eigenvalue weighted by Gasteiger charge is -2.24. The SMILES string of the molecule is CC(C)[C@@H](C)NC(=O)C1CCCCC1. The summed E-state index contributed by atoms with van der Waals surface area (Å²) in [6.07, 6.45) is 5.96. The average molecular weight is 197 g/mol. The molecule has 0 aliphatic heterocycles. The highest BCUT2D eigenvalue weighted by Crippen LogP contribution is 2.23. The average Bonchev–Trinajstić information content (AvgIpc) is 2.19. The third kappa shape index (κ3) is 3.32. The molecular weight excluding hydrogens is 174 g/mol. The van der Waals surface area contributed by atoms with Crippen LogP contribution in [0.25, 0.3) is 0 Å². The van der Waals surface area contributed by atoms with E-state index in [9.17, 15) is 4.79 Å². The number of hydrogen-bond donors (Lipinski definition) is 1. The Bertz CT molecular complexity index is 183. The van der Waals surface area contributed by atoms with Crippen LogP contribution in [0.5, 0.6) is 0 Å². The van der Waals surface area contributed by atoms with Gasteiger partial charge in [0.15, 0.2) is 0 Å². The minimum absolute atomic E-state index is 0.283. The first-order valence-electron chi connectivity index (χ1n) is 5.91. The Hall–Kier alpha value is -0.530. The molecule has 0 radical (unpaired) electrons. The summed E-state index contributed by atoms with van der Waals surface area (Å²) in [5.41, 5.74) is 0. The number of nitrogens with one attached hydrogen (secondary N) is 1. The topological polar surface area (TPSA) is 29.1 Å². The van der Waals surface area contributed by atoms with Crippen LogP contribution in [0.4, 0.5) is 0 Å². The van der Waals surface area contributed by atoms with Crippen LogP contribution in [0.15, 0.2) is 0 Å². The first kappa shape index (κ1) is 11.5. The number of carbonyl (C=O) groups is 1. The van der Waals surface area contributed by atoms with Crippen molar-refractivity contribution in [3.63, 3.8) is 0 Å². The summed E-state index contributed by atoms with van der Waals surface area (Å²) in [4.78, 5) is 11.8. The third-order valence-electron chi connectivity index (χ3n) is 3.35. The van der Waals surface area contributed by atoms with Crippen LogP contribution in [-0.4, -0.2) is 11.9 Å². The van der Waals surface area contributed by atoms with Crippen molar-refractivity contribution >= 4 is 5.91 Å². The Morgan fingerprint density at radius 1 is 1.14 bits per heavy atom. The van der Waals surface area contributed by atoms with Gasteiger partial charge in [0.2, 0.25) is 5.91 Å². The summed E-state index contributed by atoms with van der Waals surface area (Å²) >= 11 is 0. The van der Waals surface area contributed by atoms with Crippen molar-refractivity contribution in [1.29, 1.82) is 0 Å². The third-order valence-corrected chi connectivity index (χ3v) is 3.35. The maximum Gasteiger partial charge on any atom is 0.223 e. The van der Waals surface area contributed by atoms with Gasteiger partial charge in [-0.05, 0) is 25.7 Å². The lowest BCUT2D eigenvalue weighted by molar-refractivity contribution is -0.126. The van der Waals surface area contributed by atoms with Crippen LogP contribution in [-0.2, 0) is 4.79 Å². The molecule has 82 valence electrons. The molecule has 1 aliphatic rings. The van der Waals surface area contributed by atoms with Crippen molar-refractivity contribution in [3.8, 4) is 0 Å². The first-order chi connectivity index (χ1) is 6.61. The second-order valence-electron chi connectivity index (χ2n) is 4.88. The largest absolute Gasteiger partial charge is 0.353 e. The molecule has 2 nitrogen and oxygen atoms in total. The summed E-state index contributed by atoms with van der Waals surface area (Å²) in [5, 5.41) is 3.11. The smallest absolute Gasteiger partial charge is 0.223 e. The molecule has 0 aromatic heterocycles. The molecule has 0 saturated heterocycles. The molecule has 1 saturated carbocycles. The molecule has 1 amide bonds. The van der Waals surface area contributed by atoms with Crippen LogP contribution in [0, 0.1) is 11.8 Å². The highest BCUT2D eigenvalue weighted by Gasteiger charge is 2.22. The molecule has 1 atom stereocenters. The molecule has 0 heterocycles. The van der Waals surface area contributed by atoms with Crippen LogP contribution < -0.4 is 5.32 Å². The van der Waals surface area contributed by atoms with E-state index in [1.165, 1.54) is 19.3 Å². The van der Waals surface area contributed by atoms with Crippen LogP contribution in [0.3, 0.4) is 0 Å². The lowest BCUT2D eigenvalue weighted by Crippen LogP contribution is -2.40. The molecule has 0 spiro atoms. The second-order valence-corrected chi connectivity index (χ2v) is 4.88. The minimum atomic E-state index is 0.283. The van der Waals surface area contributed by atoms with E-state index in [1.807, 2.05) is 0 Å². The summed E-state index contributed by atoms with van der Waals surface area (Å²) < 4.78 is 0. The standard InChI is InChI=1S/C12H23NO/c1-9(2)10(3)13-12(14)11-7-5-4-6-8-11/h9-11H,4-8H2,1-3H3,(H,13,14)/t10-/m1/s1. The first-order valence-corrected chi connectivity index (χ1v) is 5.91. The van der Waals surface area contributed by atoms with Crippen LogP contribution in [0.2, 0.25) is 0 Å². The van der Waals surface area contributed by atoms with Gasteiger partial charge in [0, 0.05) is 12.0 Å². The quantitative estimate of drug-likeness (QED) is 0.740. The molecule has 1 aliphatic carbocycles.